The highest BCUT2D eigenvalue weighted by Gasteiger charge is 2.30. The molecule has 2 aliphatic rings. The smallest absolute Gasteiger partial charge is 0.224 e. The van der Waals surface area contributed by atoms with E-state index in [1.807, 2.05) is 29.6 Å². The van der Waals surface area contributed by atoms with Crippen molar-refractivity contribution < 1.29 is 4.79 Å². The molecule has 28 heavy (non-hydrogen) atoms. The topological polar surface area (TPSA) is 67.2 Å². The summed E-state index contributed by atoms with van der Waals surface area (Å²) in [6.45, 7) is 9.57. The standard InChI is InChI=1S/C21H30N6O/c1-14-9-15(2)27(24-14)16(3)10-20(28)26-8-5-17(13-26)21-22-11-18-12-25(4)7-6-19(18)23-21/h9,11,16-17H,5-8,10,12-13H2,1-4H3/t16-,17+/m0/s1. The first kappa shape index (κ1) is 19.1. The van der Waals surface area contributed by atoms with Crippen molar-refractivity contribution in [2.24, 2.45) is 0 Å². The summed E-state index contributed by atoms with van der Waals surface area (Å²) < 4.78 is 1.96. The van der Waals surface area contributed by atoms with Crippen LogP contribution in [-0.4, -0.2) is 62.1 Å². The van der Waals surface area contributed by atoms with Crippen molar-refractivity contribution in [3.63, 3.8) is 0 Å². The van der Waals surface area contributed by atoms with Gasteiger partial charge < -0.3 is 9.80 Å². The highest BCUT2D eigenvalue weighted by molar-refractivity contribution is 5.77. The van der Waals surface area contributed by atoms with Gasteiger partial charge in [-0.2, -0.15) is 5.10 Å². The molecule has 0 saturated carbocycles. The second-order valence-electron chi connectivity index (χ2n) is 8.44. The summed E-state index contributed by atoms with van der Waals surface area (Å²) in [5.41, 5.74) is 4.52. The van der Waals surface area contributed by atoms with Crippen molar-refractivity contribution in [3.05, 3.63) is 40.7 Å². The molecule has 2 atom stereocenters. The normalized spacial score (nSPS) is 21.0. The minimum atomic E-state index is 0.0669. The van der Waals surface area contributed by atoms with Gasteiger partial charge in [-0.3, -0.25) is 9.48 Å². The predicted molar refractivity (Wildman–Crippen MR) is 107 cm³/mol. The van der Waals surface area contributed by atoms with E-state index in [2.05, 4.69) is 35.0 Å². The molecule has 0 unspecified atom stereocenters. The first-order valence-corrected chi connectivity index (χ1v) is 10.2. The number of aryl methyl sites for hydroxylation is 2. The van der Waals surface area contributed by atoms with E-state index in [0.717, 1.165) is 56.2 Å². The molecule has 0 radical (unpaired) electrons. The minimum absolute atomic E-state index is 0.0669. The summed E-state index contributed by atoms with van der Waals surface area (Å²) in [6.07, 6.45) is 4.39. The summed E-state index contributed by atoms with van der Waals surface area (Å²) in [5, 5.41) is 4.52. The van der Waals surface area contributed by atoms with Crippen LogP contribution < -0.4 is 0 Å². The number of hydrogen-bond acceptors (Lipinski definition) is 5. The average molecular weight is 383 g/mol. The Labute approximate surface area is 166 Å². The lowest BCUT2D eigenvalue weighted by Crippen LogP contribution is -2.31. The van der Waals surface area contributed by atoms with Crippen LogP contribution in [0.1, 0.15) is 60.2 Å². The fourth-order valence-electron chi connectivity index (χ4n) is 4.43. The van der Waals surface area contributed by atoms with E-state index in [9.17, 15) is 4.79 Å². The number of fused-ring (bicyclic) bond motifs is 1. The zero-order valence-electron chi connectivity index (χ0n) is 17.4. The quantitative estimate of drug-likeness (QED) is 0.811. The Morgan fingerprint density at radius 2 is 2.14 bits per heavy atom. The molecule has 150 valence electrons. The van der Waals surface area contributed by atoms with Gasteiger partial charge in [0.2, 0.25) is 5.91 Å². The largest absolute Gasteiger partial charge is 0.342 e. The van der Waals surface area contributed by atoms with E-state index >= 15 is 0 Å². The number of aromatic nitrogens is 4. The van der Waals surface area contributed by atoms with Crippen LogP contribution in [0.25, 0.3) is 0 Å². The molecule has 0 spiro atoms. The van der Waals surface area contributed by atoms with E-state index in [-0.39, 0.29) is 17.9 Å². The molecule has 0 bridgehead atoms. The third kappa shape index (κ3) is 3.81. The molecule has 4 heterocycles. The van der Waals surface area contributed by atoms with Gasteiger partial charge in [-0.15, -0.1) is 0 Å². The van der Waals surface area contributed by atoms with Crippen LogP contribution in [0.4, 0.5) is 0 Å². The lowest BCUT2D eigenvalue weighted by atomic mass is 10.1. The Morgan fingerprint density at radius 1 is 1.32 bits per heavy atom. The monoisotopic (exact) mass is 382 g/mol. The molecule has 2 aromatic rings. The molecule has 0 N–H and O–H groups in total. The van der Waals surface area contributed by atoms with Gasteiger partial charge in [0.05, 0.1) is 11.7 Å². The summed E-state index contributed by atoms with van der Waals surface area (Å²) in [6, 6.07) is 2.12. The molecule has 4 rings (SSSR count). The third-order valence-electron chi connectivity index (χ3n) is 5.98. The van der Waals surface area contributed by atoms with Crippen LogP contribution in [0.2, 0.25) is 0 Å². The lowest BCUT2D eigenvalue weighted by Gasteiger charge is -2.24. The first-order valence-electron chi connectivity index (χ1n) is 10.2. The minimum Gasteiger partial charge on any atom is -0.342 e. The molecule has 2 aromatic heterocycles. The molecule has 1 amide bonds. The number of carbonyl (C=O) groups excluding carboxylic acids is 1. The predicted octanol–water partition coefficient (Wildman–Crippen LogP) is 2.25. The SMILES string of the molecule is Cc1cc(C)n([C@@H](C)CC(=O)N2CC[C@@H](c3ncc4c(n3)CCN(C)C4)C2)n1. The van der Waals surface area contributed by atoms with Crippen molar-refractivity contribution in [2.75, 3.05) is 26.7 Å². The number of carbonyl (C=O) groups is 1. The number of likely N-dealkylation sites (N-methyl/N-ethyl adjacent to an activating group) is 1. The van der Waals surface area contributed by atoms with Gasteiger partial charge in [0.25, 0.3) is 0 Å². The molecular formula is C21H30N6O. The maximum absolute atomic E-state index is 12.8. The van der Waals surface area contributed by atoms with Crippen molar-refractivity contribution >= 4 is 5.91 Å². The molecule has 1 saturated heterocycles. The lowest BCUT2D eigenvalue weighted by molar-refractivity contribution is -0.131. The Hall–Kier alpha value is -2.28. The molecule has 1 fully saturated rings. The van der Waals surface area contributed by atoms with Gasteiger partial charge >= 0.3 is 0 Å². The first-order chi connectivity index (χ1) is 13.4. The van der Waals surface area contributed by atoms with Crippen LogP contribution in [0.3, 0.4) is 0 Å². The molecule has 2 aliphatic heterocycles. The van der Waals surface area contributed by atoms with Crippen LogP contribution in [0.15, 0.2) is 12.3 Å². The van der Waals surface area contributed by atoms with Crippen molar-refractivity contribution in [1.29, 1.82) is 0 Å². The number of hydrogen-bond donors (Lipinski definition) is 0. The van der Waals surface area contributed by atoms with Gasteiger partial charge in [0, 0.05) is 68.1 Å². The van der Waals surface area contributed by atoms with E-state index in [0.29, 0.717) is 6.42 Å². The van der Waals surface area contributed by atoms with Gasteiger partial charge in [0.1, 0.15) is 5.82 Å². The summed E-state index contributed by atoms with van der Waals surface area (Å²) in [7, 11) is 2.13. The number of nitrogens with zero attached hydrogens (tertiary/aromatic N) is 6. The Balaban J connectivity index is 1.38. The fraction of sp³-hybridized carbons (Fsp3) is 0.619. The Kier molecular flexibility index (Phi) is 5.19. The highest BCUT2D eigenvalue weighted by atomic mass is 16.2. The Morgan fingerprint density at radius 3 is 2.89 bits per heavy atom. The number of likely N-dealkylation sites (tertiary alicyclic amines) is 1. The summed E-state index contributed by atoms with van der Waals surface area (Å²) in [4.78, 5) is 26.6. The van der Waals surface area contributed by atoms with Gasteiger partial charge in [-0.05, 0) is 40.3 Å². The summed E-state index contributed by atoms with van der Waals surface area (Å²) in [5.74, 6) is 1.35. The van der Waals surface area contributed by atoms with E-state index < -0.39 is 0 Å². The van der Waals surface area contributed by atoms with Crippen molar-refractivity contribution in [3.8, 4) is 0 Å². The third-order valence-corrected chi connectivity index (χ3v) is 5.98. The van der Waals surface area contributed by atoms with Gasteiger partial charge in [-0.25, -0.2) is 9.97 Å². The van der Waals surface area contributed by atoms with Gasteiger partial charge in [-0.1, -0.05) is 0 Å². The van der Waals surface area contributed by atoms with Crippen LogP contribution in [0.5, 0.6) is 0 Å². The van der Waals surface area contributed by atoms with E-state index in [4.69, 9.17) is 4.98 Å². The second kappa shape index (κ2) is 7.62. The maximum atomic E-state index is 12.8. The van der Waals surface area contributed by atoms with Crippen molar-refractivity contribution in [2.45, 2.75) is 58.5 Å². The second-order valence-corrected chi connectivity index (χ2v) is 8.44. The molecule has 7 heteroatoms. The molecule has 0 aromatic carbocycles. The summed E-state index contributed by atoms with van der Waals surface area (Å²) >= 11 is 0. The van der Waals surface area contributed by atoms with E-state index in [1.165, 1.54) is 11.3 Å². The zero-order valence-corrected chi connectivity index (χ0v) is 17.4. The zero-order chi connectivity index (χ0) is 19.8. The molecular weight excluding hydrogens is 352 g/mol. The van der Waals surface area contributed by atoms with Crippen molar-refractivity contribution in [1.82, 2.24) is 29.5 Å². The van der Waals surface area contributed by atoms with Gasteiger partial charge in [0.15, 0.2) is 0 Å². The van der Waals surface area contributed by atoms with E-state index in [1.54, 1.807) is 0 Å². The highest BCUT2D eigenvalue weighted by Crippen LogP contribution is 2.27. The van der Waals surface area contributed by atoms with Crippen LogP contribution in [0, 0.1) is 13.8 Å². The fourth-order valence-corrected chi connectivity index (χ4v) is 4.43. The molecule has 7 nitrogen and oxygen atoms in total. The van der Waals surface area contributed by atoms with Crippen LogP contribution in [-0.2, 0) is 17.8 Å². The molecule has 0 aliphatic carbocycles. The Bertz CT molecular complexity index is 876. The average Bonchev–Trinajstić information content (AvgIpc) is 3.28. The number of amides is 1. The van der Waals surface area contributed by atoms with Crippen LogP contribution >= 0.6 is 0 Å². The number of rotatable bonds is 4. The maximum Gasteiger partial charge on any atom is 0.224 e.